The molecule has 1 heterocycles. The molecular formula is C19H17ClF2N2O3S. The Morgan fingerprint density at radius 2 is 1.61 bits per heavy atom. The van der Waals surface area contributed by atoms with Gasteiger partial charge in [-0.05, 0) is 23.8 Å². The summed E-state index contributed by atoms with van der Waals surface area (Å²) in [5.74, 6) is -2.87. The fourth-order valence-corrected chi connectivity index (χ4v) is 4.22. The molecule has 1 saturated heterocycles. The van der Waals surface area contributed by atoms with E-state index in [4.69, 9.17) is 11.6 Å². The van der Waals surface area contributed by atoms with E-state index in [9.17, 15) is 22.0 Å². The molecule has 9 heteroatoms. The molecule has 0 atom stereocenters. The maximum Gasteiger partial charge on any atom is 0.255 e. The van der Waals surface area contributed by atoms with Gasteiger partial charge in [-0.2, -0.15) is 4.31 Å². The Balaban J connectivity index is 1.66. The van der Waals surface area contributed by atoms with Gasteiger partial charge in [-0.3, -0.25) is 4.79 Å². The Labute approximate surface area is 166 Å². The lowest BCUT2D eigenvalue weighted by atomic mass is 10.1. The van der Waals surface area contributed by atoms with Crippen molar-refractivity contribution in [2.45, 2.75) is 0 Å². The molecule has 1 aliphatic rings. The highest BCUT2D eigenvalue weighted by atomic mass is 35.5. The topological polar surface area (TPSA) is 57.7 Å². The molecule has 0 unspecified atom stereocenters. The Kier molecular flexibility index (Phi) is 6.12. The largest absolute Gasteiger partial charge is 0.336 e. The number of nitrogens with zero attached hydrogens (tertiary/aromatic N) is 2. The quantitative estimate of drug-likeness (QED) is 0.704. The van der Waals surface area contributed by atoms with Gasteiger partial charge in [0, 0.05) is 31.6 Å². The predicted octanol–water partition coefficient (Wildman–Crippen LogP) is 3.38. The van der Waals surface area contributed by atoms with Crippen molar-refractivity contribution in [2.75, 3.05) is 26.2 Å². The van der Waals surface area contributed by atoms with Crippen LogP contribution in [0.15, 0.2) is 47.9 Å². The second kappa shape index (κ2) is 8.38. The molecule has 0 saturated carbocycles. The Morgan fingerprint density at radius 3 is 2.25 bits per heavy atom. The number of piperazine rings is 1. The number of rotatable bonds is 4. The second-order valence-corrected chi connectivity index (χ2v) is 8.42. The van der Waals surface area contributed by atoms with Crippen molar-refractivity contribution < 1.29 is 22.0 Å². The monoisotopic (exact) mass is 426 g/mol. The van der Waals surface area contributed by atoms with Crippen LogP contribution in [0.4, 0.5) is 8.78 Å². The SMILES string of the molecule is O=C(c1cc(F)c(F)cc1Cl)N1CCN(S(=O)(=O)/C=C/c2ccccc2)CC1. The number of halogens is 3. The molecule has 2 aromatic carbocycles. The molecule has 28 heavy (non-hydrogen) atoms. The van der Waals surface area contributed by atoms with Crippen molar-refractivity contribution in [3.05, 3.63) is 75.7 Å². The van der Waals surface area contributed by atoms with E-state index in [1.807, 2.05) is 6.07 Å². The molecule has 1 amide bonds. The summed E-state index contributed by atoms with van der Waals surface area (Å²) in [4.78, 5) is 13.9. The van der Waals surface area contributed by atoms with Crippen LogP contribution in [0.1, 0.15) is 15.9 Å². The van der Waals surface area contributed by atoms with Gasteiger partial charge in [0.15, 0.2) is 11.6 Å². The zero-order valence-corrected chi connectivity index (χ0v) is 16.3. The first kappa shape index (κ1) is 20.4. The van der Waals surface area contributed by atoms with Crippen molar-refractivity contribution in [3.8, 4) is 0 Å². The van der Waals surface area contributed by atoms with Gasteiger partial charge in [0.25, 0.3) is 5.91 Å². The first-order valence-electron chi connectivity index (χ1n) is 8.45. The molecule has 0 radical (unpaired) electrons. The molecule has 2 aromatic rings. The van der Waals surface area contributed by atoms with Gasteiger partial charge >= 0.3 is 0 Å². The van der Waals surface area contributed by atoms with Crippen LogP contribution in [0.5, 0.6) is 0 Å². The smallest absolute Gasteiger partial charge is 0.255 e. The zero-order chi connectivity index (χ0) is 20.3. The van der Waals surface area contributed by atoms with Crippen LogP contribution in [0.2, 0.25) is 5.02 Å². The van der Waals surface area contributed by atoms with Crippen LogP contribution in [-0.2, 0) is 10.0 Å². The average Bonchev–Trinajstić information content (AvgIpc) is 2.70. The predicted molar refractivity (Wildman–Crippen MR) is 103 cm³/mol. The van der Waals surface area contributed by atoms with Gasteiger partial charge in [-0.15, -0.1) is 0 Å². The first-order valence-corrected chi connectivity index (χ1v) is 10.3. The van der Waals surface area contributed by atoms with Crippen molar-refractivity contribution in [1.82, 2.24) is 9.21 Å². The van der Waals surface area contributed by atoms with Gasteiger partial charge in [-0.1, -0.05) is 41.9 Å². The molecule has 0 aliphatic carbocycles. The molecule has 1 fully saturated rings. The fourth-order valence-electron chi connectivity index (χ4n) is 2.82. The lowest BCUT2D eigenvalue weighted by Crippen LogP contribution is -2.50. The highest BCUT2D eigenvalue weighted by Gasteiger charge is 2.29. The van der Waals surface area contributed by atoms with E-state index in [0.29, 0.717) is 0 Å². The third-order valence-electron chi connectivity index (χ3n) is 4.36. The second-order valence-electron chi connectivity index (χ2n) is 6.20. The van der Waals surface area contributed by atoms with Gasteiger partial charge in [-0.25, -0.2) is 17.2 Å². The van der Waals surface area contributed by atoms with E-state index < -0.39 is 27.6 Å². The normalized spacial score (nSPS) is 15.9. The van der Waals surface area contributed by atoms with Crippen molar-refractivity contribution >= 4 is 33.6 Å². The van der Waals surface area contributed by atoms with E-state index >= 15 is 0 Å². The van der Waals surface area contributed by atoms with E-state index in [2.05, 4.69) is 0 Å². The zero-order valence-electron chi connectivity index (χ0n) is 14.7. The summed E-state index contributed by atoms with van der Waals surface area (Å²) >= 11 is 5.85. The molecule has 0 N–H and O–H groups in total. The lowest BCUT2D eigenvalue weighted by molar-refractivity contribution is 0.0698. The third kappa shape index (κ3) is 4.57. The van der Waals surface area contributed by atoms with Crippen molar-refractivity contribution in [1.29, 1.82) is 0 Å². The van der Waals surface area contributed by atoms with E-state index in [1.54, 1.807) is 24.3 Å². The molecule has 148 valence electrons. The van der Waals surface area contributed by atoms with Crippen LogP contribution in [-0.4, -0.2) is 49.7 Å². The number of carbonyl (C=O) groups excluding carboxylic acids is 1. The van der Waals surface area contributed by atoms with Crippen molar-refractivity contribution in [2.24, 2.45) is 0 Å². The van der Waals surface area contributed by atoms with Crippen LogP contribution < -0.4 is 0 Å². The summed E-state index contributed by atoms with van der Waals surface area (Å²) in [5.41, 5.74) is 0.605. The first-order chi connectivity index (χ1) is 13.3. The number of hydrogen-bond donors (Lipinski definition) is 0. The number of hydrogen-bond acceptors (Lipinski definition) is 3. The molecule has 0 spiro atoms. The average molecular weight is 427 g/mol. The van der Waals surface area contributed by atoms with Gasteiger partial charge in [0.05, 0.1) is 10.6 Å². The molecule has 3 rings (SSSR count). The summed E-state index contributed by atoms with van der Waals surface area (Å²) < 4.78 is 52.8. The van der Waals surface area contributed by atoms with E-state index in [1.165, 1.54) is 15.3 Å². The Morgan fingerprint density at radius 1 is 1.00 bits per heavy atom. The fraction of sp³-hybridized carbons (Fsp3) is 0.211. The molecule has 0 aromatic heterocycles. The van der Waals surface area contributed by atoms with Gasteiger partial charge in [0.2, 0.25) is 10.0 Å². The number of amides is 1. The third-order valence-corrected chi connectivity index (χ3v) is 6.24. The summed E-state index contributed by atoms with van der Waals surface area (Å²) in [7, 11) is -3.64. The van der Waals surface area contributed by atoms with Crippen LogP contribution in [0, 0.1) is 11.6 Å². The summed E-state index contributed by atoms with van der Waals surface area (Å²) in [6.07, 6.45) is 1.51. The molecular weight excluding hydrogens is 410 g/mol. The van der Waals surface area contributed by atoms with Crippen LogP contribution in [0.25, 0.3) is 6.08 Å². The lowest BCUT2D eigenvalue weighted by Gasteiger charge is -2.33. The maximum absolute atomic E-state index is 13.4. The Hall–Kier alpha value is -2.29. The van der Waals surface area contributed by atoms with Gasteiger partial charge in [0.1, 0.15) is 0 Å². The summed E-state index contributed by atoms with van der Waals surface area (Å²) in [6.45, 7) is 0.419. The highest BCUT2D eigenvalue weighted by Crippen LogP contribution is 2.22. The van der Waals surface area contributed by atoms with Crippen molar-refractivity contribution in [3.63, 3.8) is 0 Å². The van der Waals surface area contributed by atoms with E-state index in [0.717, 1.165) is 23.1 Å². The number of sulfonamides is 1. The number of carbonyl (C=O) groups is 1. The summed E-state index contributed by atoms with van der Waals surface area (Å²) in [6, 6.07) is 10.5. The molecule has 1 aliphatic heterocycles. The van der Waals surface area contributed by atoms with E-state index in [-0.39, 0.29) is 36.8 Å². The maximum atomic E-state index is 13.4. The molecule has 0 bridgehead atoms. The Bertz CT molecular complexity index is 1010. The minimum absolute atomic E-state index is 0.0918. The minimum atomic E-state index is -3.64. The molecule has 5 nitrogen and oxygen atoms in total. The standard InChI is InChI=1S/C19H17ClF2N2O3S/c20-16-13-18(22)17(21)12-15(16)19(25)23-7-9-24(10-8-23)28(26,27)11-6-14-4-2-1-3-5-14/h1-6,11-13H,7-10H2/b11-6+. The summed E-state index contributed by atoms with van der Waals surface area (Å²) in [5, 5.41) is 0.941. The highest BCUT2D eigenvalue weighted by molar-refractivity contribution is 7.92. The van der Waals surface area contributed by atoms with Crippen LogP contribution in [0.3, 0.4) is 0 Å². The van der Waals surface area contributed by atoms with Gasteiger partial charge < -0.3 is 4.90 Å². The van der Waals surface area contributed by atoms with Crippen LogP contribution >= 0.6 is 11.6 Å². The number of benzene rings is 2. The minimum Gasteiger partial charge on any atom is -0.336 e.